The average molecular weight is 400 g/mol. The van der Waals surface area contributed by atoms with E-state index in [0.29, 0.717) is 11.6 Å². The highest BCUT2D eigenvalue weighted by molar-refractivity contribution is 6.31. The molecule has 6 heteroatoms. The van der Waals surface area contributed by atoms with Gasteiger partial charge in [0.25, 0.3) is 0 Å². The maximum absolute atomic E-state index is 12.2. The molecule has 0 fully saturated rings. The highest BCUT2D eigenvalue weighted by Crippen LogP contribution is 2.33. The standard InChI is InChI=1S/C22H26ClN3O2/c1-3-26(4-2)12-5-13-28-18-9-7-17(8-10-18)24-15-20-19-14-16(23)6-11-21(19)25-22(20)27/h6-11,14-15,20H,3-5,12-13H2,1-2H3,(H,25,27). The van der Waals surface area contributed by atoms with Gasteiger partial charge in [0.1, 0.15) is 11.7 Å². The van der Waals surface area contributed by atoms with Crippen molar-refractivity contribution >= 4 is 35.1 Å². The summed E-state index contributed by atoms with van der Waals surface area (Å²) in [5.41, 5.74) is 2.42. The molecule has 1 atom stereocenters. The number of halogens is 1. The van der Waals surface area contributed by atoms with Gasteiger partial charge in [-0.05, 0) is 67.5 Å². The van der Waals surface area contributed by atoms with Gasteiger partial charge in [0.15, 0.2) is 0 Å². The van der Waals surface area contributed by atoms with Crippen LogP contribution in [0.25, 0.3) is 0 Å². The minimum atomic E-state index is -0.426. The number of benzene rings is 2. The first-order valence-corrected chi connectivity index (χ1v) is 10.1. The summed E-state index contributed by atoms with van der Waals surface area (Å²) in [7, 11) is 0. The summed E-state index contributed by atoms with van der Waals surface area (Å²) >= 11 is 6.06. The minimum Gasteiger partial charge on any atom is -0.494 e. The molecule has 2 aromatic rings. The predicted octanol–water partition coefficient (Wildman–Crippen LogP) is 4.89. The van der Waals surface area contributed by atoms with Crippen molar-refractivity contribution < 1.29 is 9.53 Å². The van der Waals surface area contributed by atoms with Crippen molar-refractivity contribution in [3.8, 4) is 5.75 Å². The number of nitrogens with one attached hydrogen (secondary N) is 1. The van der Waals surface area contributed by atoms with Gasteiger partial charge >= 0.3 is 0 Å². The Morgan fingerprint density at radius 3 is 2.64 bits per heavy atom. The zero-order valence-electron chi connectivity index (χ0n) is 16.3. The normalized spacial score (nSPS) is 15.9. The third-order valence-corrected chi connectivity index (χ3v) is 5.12. The van der Waals surface area contributed by atoms with E-state index in [4.69, 9.17) is 16.3 Å². The van der Waals surface area contributed by atoms with E-state index in [1.165, 1.54) is 0 Å². The van der Waals surface area contributed by atoms with Crippen molar-refractivity contribution in [1.29, 1.82) is 0 Å². The predicted molar refractivity (Wildman–Crippen MR) is 115 cm³/mol. The molecular formula is C22H26ClN3O2. The molecule has 1 heterocycles. The van der Waals surface area contributed by atoms with E-state index < -0.39 is 5.92 Å². The van der Waals surface area contributed by atoms with Crippen molar-refractivity contribution in [2.75, 3.05) is 31.6 Å². The lowest BCUT2D eigenvalue weighted by molar-refractivity contribution is -0.115. The first kappa shape index (κ1) is 20.4. The van der Waals surface area contributed by atoms with E-state index in [2.05, 4.69) is 29.1 Å². The number of aliphatic imine (C=N–C) groups is 1. The molecule has 1 aliphatic heterocycles. The number of amides is 1. The average Bonchev–Trinajstić information content (AvgIpc) is 3.02. The lowest BCUT2D eigenvalue weighted by Gasteiger charge is -2.17. The second-order valence-corrected chi connectivity index (χ2v) is 7.14. The first-order valence-electron chi connectivity index (χ1n) is 9.70. The summed E-state index contributed by atoms with van der Waals surface area (Å²) in [4.78, 5) is 19.0. The molecule has 0 aliphatic carbocycles. The molecule has 1 N–H and O–H groups in total. The van der Waals surface area contributed by atoms with Crippen LogP contribution in [-0.2, 0) is 4.79 Å². The van der Waals surface area contributed by atoms with Gasteiger partial charge in [-0.3, -0.25) is 9.79 Å². The van der Waals surface area contributed by atoms with Crippen LogP contribution in [0.5, 0.6) is 5.75 Å². The summed E-state index contributed by atoms with van der Waals surface area (Å²) in [5, 5.41) is 3.46. The fourth-order valence-electron chi connectivity index (χ4n) is 3.21. The number of carbonyl (C=O) groups is 1. The molecule has 148 valence electrons. The molecule has 5 nitrogen and oxygen atoms in total. The monoisotopic (exact) mass is 399 g/mol. The molecular weight excluding hydrogens is 374 g/mol. The largest absolute Gasteiger partial charge is 0.494 e. The van der Waals surface area contributed by atoms with Crippen LogP contribution >= 0.6 is 11.6 Å². The van der Waals surface area contributed by atoms with E-state index in [0.717, 1.165) is 48.7 Å². The van der Waals surface area contributed by atoms with E-state index in [9.17, 15) is 4.79 Å². The Balaban J connectivity index is 1.55. The molecule has 0 spiro atoms. The van der Waals surface area contributed by atoms with E-state index in [-0.39, 0.29) is 5.91 Å². The summed E-state index contributed by atoms with van der Waals surface area (Å²) in [6.45, 7) is 8.22. The molecule has 0 aromatic heterocycles. The Morgan fingerprint density at radius 2 is 1.93 bits per heavy atom. The van der Waals surface area contributed by atoms with Crippen LogP contribution < -0.4 is 10.1 Å². The van der Waals surface area contributed by atoms with Crippen LogP contribution in [0.3, 0.4) is 0 Å². The number of hydrogen-bond donors (Lipinski definition) is 1. The molecule has 1 aliphatic rings. The summed E-state index contributed by atoms with van der Waals surface area (Å²) in [5.74, 6) is 0.313. The maximum Gasteiger partial charge on any atom is 0.237 e. The van der Waals surface area contributed by atoms with E-state index in [1.807, 2.05) is 30.3 Å². The Kier molecular flexibility index (Phi) is 7.06. The number of nitrogens with zero attached hydrogens (tertiary/aromatic N) is 2. The molecule has 0 saturated carbocycles. The summed E-state index contributed by atoms with van der Waals surface area (Å²) in [6, 6.07) is 13.0. The highest BCUT2D eigenvalue weighted by Gasteiger charge is 2.29. The SMILES string of the molecule is CCN(CC)CCCOc1ccc(N=CC2C(=O)Nc3ccc(Cl)cc32)cc1. The zero-order chi connectivity index (χ0) is 19.9. The van der Waals surface area contributed by atoms with Crippen LogP contribution in [0.4, 0.5) is 11.4 Å². The third-order valence-electron chi connectivity index (χ3n) is 4.88. The van der Waals surface area contributed by atoms with Crippen LogP contribution in [0.1, 0.15) is 31.7 Å². The fourth-order valence-corrected chi connectivity index (χ4v) is 3.39. The Bertz CT molecular complexity index is 832. The maximum atomic E-state index is 12.2. The topological polar surface area (TPSA) is 53.9 Å². The Morgan fingerprint density at radius 1 is 1.18 bits per heavy atom. The van der Waals surface area contributed by atoms with Crippen LogP contribution in [0.15, 0.2) is 47.5 Å². The van der Waals surface area contributed by atoms with Crippen molar-refractivity contribution in [2.45, 2.75) is 26.2 Å². The molecule has 0 bridgehead atoms. The number of rotatable bonds is 9. The van der Waals surface area contributed by atoms with Gasteiger partial charge in [-0.1, -0.05) is 25.4 Å². The number of ether oxygens (including phenoxy) is 1. The molecule has 0 saturated heterocycles. The van der Waals surface area contributed by atoms with Gasteiger partial charge in [0, 0.05) is 23.5 Å². The van der Waals surface area contributed by atoms with E-state index >= 15 is 0 Å². The molecule has 1 unspecified atom stereocenters. The number of anilines is 1. The van der Waals surface area contributed by atoms with Crippen molar-refractivity contribution in [1.82, 2.24) is 4.90 Å². The van der Waals surface area contributed by atoms with Gasteiger partial charge in [-0.2, -0.15) is 0 Å². The number of carbonyl (C=O) groups excluding carboxylic acids is 1. The molecule has 1 amide bonds. The second-order valence-electron chi connectivity index (χ2n) is 6.70. The van der Waals surface area contributed by atoms with Crippen LogP contribution in [-0.4, -0.2) is 43.3 Å². The lowest BCUT2D eigenvalue weighted by Crippen LogP contribution is -2.25. The van der Waals surface area contributed by atoms with Crippen molar-refractivity contribution in [3.05, 3.63) is 53.1 Å². The smallest absolute Gasteiger partial charge is 0.237 e. The lowest BCUT2D eigenvalue weighted by atomic mass is 10.0. The van der Waals surface area contributed by atoms with Gasteiger partial charge < -0.3 is 15.0 Å². The van der Waals surface area contributed by atoms with Crippen LogP contribution in [0.2, 0.25) is 5.02 Å². The third kappa shape index (κ3) is 5.12. The van der Waals surface area contributed by atoms with Gasteiger partial charge in [-0.15, -0.1) is 0 Å². The number of fused-ring (bicyclic) bond motifs is 1. The Hall–Kier alpha value is -2.37. The molecule has 28 heavy (non-hydrogen) atoms. The number of hydrogen-bond acceptors (Lipinski definition) is 4. The van der Waals surface area contributed by atoms with Crippen LogP contribution in [0, 0.1) is 0 Å². The second kappa shape index (κ2) is 9.71. The quantitative estimate of drug-likeness (QED) is 0.482. The minimum absolute atomic E-state index is 0.0887. The molecule has 0 radical (unpaired) electrons. The van der Waals surface area contributed by atoms with Gasteiger partial charge in [0.05, 0.1) is 12.3 Å². The van der Waals surface area contributed by atoms with E-state index in [1.54, 1.807) is 18.3 Å². The fraction of sp³-hybridized carbons (Fsp3) is 0.364. The van der Waals surface area contributed by atoms with Gasteiger partial charge in [0.2, 0.25) is 5.91 Å². The Labute approximate surface area is 171 Å². The van der Waals surface area contributed by atoms with Crippen molar-refractivity contribution in [2.24, 2.45) is 4.99 Å². The summed E-state index contributed by atoms with van der Waals surface area (Å²) < 4.78 is 5.80. The molecule has 3 rings (SSSR count). The first-order chi connectivity index (χ1) is 13.6. The van der Waals surface area contributed by atoms with Crippen molar-refractivity contribution in [3.63, 3.8) is 0 Å². The van der Waals surface area contributed by atoms with Gasteiger partial charge in [-0.25, -0.2) is 0 Å². The molecule has 2 aromatic carbocycles. The zero-order valence-corrected chi connectivity index (χ0v) is 17.1. The summed E-state index contributed by atoms with van der Waals surface area (Å²) in [6.07, 6.45) is 2.66. The highest BCUT2D eigenvalue weighted by atomic mass is 35.5.